The zero-order chi connectivity index (χ0) is 24.9. The highest BCUT2D eigenvalue weighted by Crippen LogP contribution is 2.18. The molecule has 3 rings (SSSR count). The minimum atomic E-state index is -3.89. The van der Waals surface area contributed by atoms with Gasteiger partial charge in [-0.25, -0.2) is 23.1 Å². The molecule has 2 radical (unpaired) electrons. The Balaban J connectivity index is 1.67. The maximum Gasteiger partial charge on any atom is 0.264 e. The summed E-state index contributed by atoms with van der Waals surface area (Å²) in [5, 5.41) is 5.42. The molecule has 0 fully saturated rings. The van der Waals surface area contributed by atoms with Gasteiger partial charge in [0.15, 0.2) is 5.11 Å². The number of hydrogen-bond donors (Lipinski definition) is 3. The number of nitrogens with one attached hydrogen (secondary N) is 3. The number of rotatable bonds is 7. The highest BCUT2D eigenvalue weighted by molar-refractivity contribution is 7.92. The molecular weight excluding hydrogens is 473 g/mol. The molecule has 3 N–H and O–H groups in total. The molecule has 1 aromatic heterocycles. The lowest BCUT2D eigenvalue weighted by molar-refractivity contribution is 0.0974. The second kappa shape index (κ2) is 10.6. The standard InChI is InChI=1S/C22H22BN5O4S2/c1-4-32-19-10-5-15(23)12-18(19)20(29)27-22(33)26-16-6-8-17(9-7-16)34(30,31)28-21-24-13(2)11-14(3)25-21/h5-12H,4H2,1-3H3,(H,24,25,28)(H2,26,27,29,33). The van der Waals surface area contributed by atoms with Gasteiger partial charge in [-0.2, -0.15) is 0 Å². The topological polar surface area (TPSA) is 122 Å². The van der Waals surface area contributed by atoms with E-state index in [9.17, 15) is 13.2 Å². The minimum Gasteiger partial charge on any atom is -0.493 e. The number of ether oxygens (including phenoxy) is 1. The second-order valence-electron chi connectivity index (χ2n) is 7.20. The van der Waals surface area contributed by atoms with Crippen LogP contribution in [0.1, 0.15) is 28.7 Å². The molecule has 34 heavy (non-hydrogen) atoms. The molecular formula is C22H22BN5O4S2. The summed E-state index contributed by atoms with van der Waals surface area (Å²) in [5.74, 6) is -0.117. The van der Waals surface area contributed by atoms with E-state index < -0.39 is 15.9 Å². The molecule has 12 heteroatoms. The van der Waals surface area contributed by atoms with Crippen molar-refractivity contribution >= 4 is 58.2 Å². The van der Waals surface area contributed by atoms with E-state index in [4.69, 9.17) is 24.8 Å². The molecule has 0 aliphatic rings. The molecule has 0 bridgehead atoms. The Bertz CT molecular complexity index is 1310. The molecule has 0 aliphatic heterocycles. The van der Waals surface area contributed by atoms with Crippen molar-refractivity contribution in [1.29, 1.82) is 0 Å². The Labute approximate surface area is 204 Å². The van der Waals surface area contributed by atoms with Gasteiger partial charge in [-0.15, -0.1) is 0 Å². The van der Waals surface area contributed by atoms with Crippen molar-refractivity contribution in [2.24, 2.45) is 0 Å². The van der Waals surface area contributed by atoms with Crippen LogP contribution in [0.2, 0.25) is 0 Å². The van der Waals surface area contributed by atoms with Crippen molar-refractivity contribution in [2.45, 2.75) is 25.7 Å². The lowest BCUT2D eigenvalue weighted by atomic mass is 9.94. The Morgan fingerprint density at radius 2 is 1.71 bits per heavy atom. The largest absolute Gasteiger partial charge is 0.493 e. The average Bonchev–Trinajstić information content (AvgIpc) is 2.74. The van der Waals surface area contributed by atoms with E-state index in [1.165, 1.54) is 30.3 Å². The number of aryl methyl sites for hydroxylation is 2. The van der Waals surface area contributed by atoms with Gasteiger partial charge in [0, 0.05) is 17.1 Å². The first-order chi connectivity index (χ1) is 16.1. The fraction of sp³-hybridized carbons (Fsp3) is 0.182. The van der Waals surface area contributed by atoms with Crippen molar-refractivity contribution in [3.8, 4) is 5.75 Å². The molecule has 0 saturated heterocycles. The summed E-state index contributed by atoms with van der Waals surface area (Å²) in [6.07, 6.45) is 0. The highest BCUT2D eigenvalue weighted by Gasteiger charge is 2.17. The molecule has 0 spiro atoms. The summed E-state index contributed by atoms with van der Waals surface area (Å²) < 4.78 is 33.1. The van der Waals surface area contributed by atoms with Crippen LogP contribution in [0.3, 0.4) is 0 Å². The van der Waals surface area contributed by atoms with Gasteiger partial charge in [0.05, 0.1) is 17.1 Å². The smallest absolute Gasteiger partial charge is 0.264 e. The van der Waals surface area contributed by atoms with E-state index in [2.05, 4.69) is 25.3 Å². The van der Waals surface area contributed by atoms with E-state index in [1.807, 2.05) is 0 Å². The van der Waals surface area contributed by atoms with Crippen molar-refractivity contribution in [1.82, 2.24) is 15.3 Å². The van der Waals surface area contributed by atoms with Crippen LogP contribution in [0, 0.1) is 13.8 Å². The molecule has 1 amide bonds. The number of thiocarbonyl (C=S) groups is 1. The van der Waals surface area contributed by atoms with Gasteiger partial charge in [-0.3, -0.25) is 10.1 Å². The van der Waals surface area contributed by atoms with E-state index in [0.717, 1.165) is 0 Å². The van der Waals surface area contributed by atoms with E-state index in [-0.39, 0.29) is 21.5 Å². The summed E-state index contributed by atoms with van der Waals surface area (Å²) in [6.45, 7) is 5.68. The first-order valence-electron chi connectivity index (χ1n) is 10.2. The van der Waals surface area contributed by atoms with Crippen molar-refractivity contribution in [3.63, 3.8) is 0 Å². The molecule has 9 nitrogen and oxygen atoms in total. The number of aromatic nitrogens is 2. The maximum absolute atomic E-state index is 12.7. The van der Waals surface area contributed by atoms with Gasteiger partial charge in [-0.1, -0.05) is 17.6 Å². The van der Waals surface area contributed by atoms with Gasteiger partial charge in [0.1, 0.15) is 13.6 Å². The van der Waals surface area contributed by atoms with Crippen LogP contribution in [0.4, 0.5) is 11.6 Å². The van der Waals surface area contributed by atoms with Gasteiger partial charge in [0.25, 0.3) is 15.9 Å². The summed E-state index contributed by atoms with van der Waals surface area (Å²) in [5.41, 5.74) is 2.42. The van der Waals surface area contributed by atoms with Crippen LogP contribution in [0.15, 0.2) is 53.4 Å². The number of benzene rings is 2. The molecule has 174 valence electrons. The SMILES string of the molecule is [B]c1ccc(OCC)c(C(=O)NC(=S)Nc2ccc(S(=O)(=O)Nc3nc(C)cc(C)n3)cc2)c1. The summed E-state index contributed by atoms with van der Waals surface area (Å²) in [6, 6.07) is 12.3. The lowest BCUT2D eigenvalue weighted by Crippen LogP contribution is -2.34. The van der Waals surface area contributed by atoms with Gasteiger partial charge in [0.2, 0.25) is 5.95 Å². The van der Waals surface area contributed by atoms with Gasteiger partial charge < -0.3 is 10.1 Å². The number of carbonyl (C=O) groups excluding carboxylic acids is 1. The van der Waals surface area contributed by atoms with Crippen LogP contribution in [-0.4, -0.2) is 43.9 Å². The summed E-state index contributed by atoms with van der Waals surface area (Å²) >= 11 is 5.21. The number of hydrogen-bond acceptors (Lipinski definition) is 7. The van der Waals surface area contributed by atoms with Crippen molar-refractivity contribution in [2.75, 3.05) is 16.6 Å². The lowest BCUT2D eigenvalue weighted by Gasteiger charge is -2.13. The first kappa shape index (κ1) is 25.1. The van der Waals surface area contributed by atoms with Crippen LogP contribution in [-0.2, 0) is 10.0 Å². The zero-order valence-corrected chi connectivity index (χ0v) is 20.4. The quantitative estimate of drug-likeness (QED) is 0.337. The summed E-state index contributed by atoms with van der Waals surface area (Å²) in [7, 11) is 1.89. The highest BCUT2D eigenvalue weighted by atomic mass is 32.2. The van der Waals surface area contributed by atoms with Crippen LogP contribution < -0.4 is 25.6 Å². The third-order valence-electron chi connectivity index (χ3n) is 4.41. The van der Waals surface area contributed by atoms with Gasteiger partial charge >= 0.3 is 0 Å². The number of anilines is 2. The Hall–Kier alpha value is -3.51. The Morgan fingerprint density at radius 3 is 2.32 bits per heavy atom. The second-order valence-corrected chi connectivity index (χ2v) is 9.29. The molecule has 0 unspecified atom stereocenters. The normalized spacial score (nSPS) is 10.9. The molecule has 1 heterocycles. The molecule has 0 aliphatic carbocycles. The number of amides is 1. The molecule has 3 aromatic rings. The van der Waals surface area contributed by atoms with Crippen LogP contribution in [0.5, 0.6) is 5.75 Å². The van der Waals surface area contributed by atoms with Crippen molar-refractivity contribution in [3.05, 3.63) is 65.5 Å². The maximum atomic E-state index is 12.7. The number of nitrogens with zero attached hydrogens (tertiary/aromatic N) is 2. The number of sulfonamides is 1. The number of carbonyl (C=O) groups is 1. The van der Waals surface area contributed by atoms with E-state index in [1.54, 1.807) is 39.0 Å². The Kier molecular flexibility index (Phi) is 7.85. The third-order valence-corrected chi connectivity index (χ3v) is 5.95. The summed E-state index contributed by atoms with van der Waals surface area (Å²) in [4.78, 5) is 20.8. The van der Waals surface area contributed by atoms with E-state index >= 15 is 0 Å². The molecule has 0 atom stereocenters. The van der Waals surface area contributed by atoms with E-state index in [0.29, 0.717) is 34.9 Å². The minimum absolute atomic E-state index is 0.00318. The van der Waals surface area contributed by atoms with Crippen LogP contribution >= 0.6 is 12.2 Å². The fourth-order valence-corrected chi connectivity index (χ4v) is 4.16. The Morgan fingerprint density at radius 1 is 1.06 bits per heavy atom. The average molecular weight is 495 g/mol. The zero-order valence-electron chi connectivity index (χ0n) is 18.7. The fourth-order valence-electron chi connectivity index (χ4n) is 3.01. The van der Waals surface area contributed by atoms with Gasteiger partial charge in [-0.05, 0) is 69.4 Å². The van der Waals surface area contributed by atoms with Crippen molar-refractivity contribution < 1.29 is 17.9 Å². The molecule has 2 aromatic carbocycles. The molecule has 0 saturated carbocycles. The first-order valence-corrected chi connectivity index (χ1v) is 12.1. The monoisotopic (exact) mass is 495 g/mol. The predicted molar refractivity (Wildman–Crippen MR) is 135 cm³/mol. The van der Waals surface area contributed by atoms with Crippen LogP contribution in [0.25, 0.3) is 0 Å². The third kappa shape index (κ3) is 6.52. The predicted octanol–water partition coefficient (Wildman–Crippen LogP) is 2.21.